The molecule has 5 rings (SSSR count). The van der Waals surface area contributed by atoms with E-state index in [0.717, 1.165) is 5.56 Å². The van der Waals surface area contributed by atoms with Gasteiger partial charge >= 0.3 is 0 Å². The molecule has 2 aliphatic rings. The van der Waals surface area contributed by atoms with E-state index < -0.39 is 6.10 Å². The summed E-state index contributed by atoms with van der Waals surface area (Å²) in [6.07, 6.45) is -0.526. The summed E-state index contributed by atoms with van der Waals surface area (Å²) in [7, 11) is 0. The molecule has 0 saturated carbocycles. The summed E-state index contributed by atoms with van der Waals surface area (Å²) in [6.45, 7) is 0.207. The third-order valence-electron chi connectivity index (χ3n) is 4.52. The molecule has 7 nitrogen and oxygen atoms in total. The van der Waals surface area contributed by atoms with Gasteiger partial charge in [0.25, 0.3) is 5.91 Å². The van der Waals surface area contributed by atoms with Crippen LogP contribution in [0.5, 0.6) is 11.5 Å². The maximum absolute atomic E-state index is 13.4. The second kappa shape index (κ2) is 7.17. The number of benzene rings is 2. The monoisotopic (exact) mass is 411 g/mol. The molecule has 0 spiro atoms. The average Bonchev–Trinajstić information content (AvgIpc) is 3.47. The van der Waals surface area contributed by atoms with Crippen LogP contribution in [0.25, 0.3) is 11.3 Å². The quantitative estimate of drug-likeness (QED) is 0.706. The molecule has 0 radical (unpaired) electrons. The first-order valence-electron chi connectivity index (χ1n) is 8.81. The lowest BCUT2D eigenvalue weighted by Crippen LogP contribution is -2.28. The van der Waals surface area contributed by atoms with Gasteiger partial charge in [-0.25, -0.2) is 9.37 Å². The normalized spacial score (nSPS) is 17.0. The molecule has 2 aromatic carbocycles. The van der Waals surface area contributed by atoms with Crippen molar-refractivity contribution in [3.8, 4) is 22.8 Å². The van der Waals surface area contributed by atoms with Gasteiger partial charge in [0.2, 0.25) is 12.9 Å². The highest BCUT2D eigenvalue weighted by Crippen LogP contribution is 2.36. The van der Waals surface area contributed by atoms with E-state index in [1.165, 1.54) is 23.5 Å². The molecule has 1 amide bonds. The summed E-state index contributed by atoms with van der Waals surface area (Å²) in [5.41, 5.74) is 2.71. The first kappa shape index (κ1) is 17.6. The molecule has 29 heavy (non-hydrogen) atoms. The van der Waals surface area contributed by atoms with Crippen LogP contribution in [-0.4, -0.2) is 29.5 Å². The van der Waals surface area contributed by atoms with Gasteiger partial charge in [-0.05, 0) is 30.3 Å². The van der Waals surface area contributed by atoms with Gasteiger partial charge in [0.15, 0.2) is 16.6 Å². The fraction of sp³-hybridized carbons (Fsp3) is 0.150. The summed E-state index contributed by atoms with van der Waals surface area (Å²) in [5, 5.41) is 8.97. The van der Waals surface area contributed by atoms with E-state index in [-0.39, 0.29) is 24.9 Å². The van der Waals surface area contributed by atoms with E-state index in [1.807, 2.05) is 23.6 Å². The number of carbonyl (C=O) groups excluding carboxylic acids is 1. The number of nitrogens with one attached hydrogen (secondary N) is 1. The zero-order valence-corrected chi connectivity index (χ0v) is 15.7. The number of hydrogen-bond donors (Lipinski definition) is 1. The maximum atomic E-state index is 13.4. The maximum Gasteiger partial charge on any atom is 0.270 e. The Hall–Kier alpha value is -3.46. The highest BCUT2D eigenvalue weighted by atomic mass is 32.1. The number of rotatable bonds is 4. The number of anilines is 1. The summed E-state index contributed by atoms with van der Waals surface area (Å²) in [5.74, 6) is 0.649. The van der Waals surface area contributed by atoms with E-state index in [0.29, 0.717) is 33.6 Å². The molecule has 9 heteroatoms. The van der Waals surface area contributed by atoms with Gasteiger partial charge in [0.1, 0.15) is 5.82 Å². The first-order chi connectivity index (χ1) is 14.2. The molecule has 0 saturated heterocycles. The highest BCUT2D eigenvalue weighted by molar-refractivity contribution is 7.14. The molecule has 0 bridgehead atoms. The number of thiazole rings is 1. The number of hydrogen-bond acceptors (Lipinski definition) is 7. The van der Waals surface area contributed by atoms with Gasteiger partial charge in [-0.15, -0.1) is 11.3 Å². The Morgan fingerprint density at radius 2 is 2.03 bits per heavy atom. The molecule has 0 aliphatic carbocycles. The van der Waals surface area contributed by atoms with E-state index >= 15 is 0 Å². The van der Waals surface area contributed by atoms with Gasteiger partial charge in [-0.2, -0.15) is 0 Å². The van der Waals surface area contributed by atoms with Crippen molar-refractivity contribution in [2.45, 2.75) is 12.5 Å². The highest BCUT2D eigenvalue weighted by Gasteiger charge is 2.29. The molecule has 1 aromatic heterocycles. The Kier molecular flexibility index (Phi) is 4.36. The molecule has 146 valence electrons. The van der Waals surface area contributed by atoms with Crippen LogP contribution < -0.4 is 14.8 Å². The van der Waals surface area contributed by atoms with E-state index in [1.54, 1.807) is 12.1 Å². The summed E-state index contributed by atoms with van der Waals surface area (Å²) in [6, 6.07) is 11.6. The molecule has 1 unspecified atom stereocenters. The van der Waals surface area contributed by atoms with Gasteiger partial charge in [-0.1, -0.05) is 17.3 Å². The van der Waals surface area contributed by atoms with E-state index in [4.69, 9.17) is 14.3 Å². The fourth-order valence-corrected chi connectivity index (χ4v) is 3.78. The van der Waals surface area contributed by atoms with E-state index in [9.17, 15) is 9.18 Å². The van der Waals surface area contributed by atoms with Crippen molar-refractivity contribution in [1.82, 2.24) is 4.98 Å². The van der Waals surface area contributed by atoms with Gasteiger partial charge in [0, 0.05) is 22.9 Å². The summed E-state index contributed by atoms with van der Waals surface area (Å²) < 4.78 is 24.1. The predicted octanol–water partition coefficient (Wildman–Crippen LogP) is 3.81. The average molecular weight is 411 g/mol. The Bertz CT molecular complexity index is 1130. The topological polar surface area (TPSA) is 82.0 Å². The fourth-order valence-electron chi connectivity index (χ4n) is 3.06. The Labute approximate surface area is 168 Å². The van der Waals surface area contributed by atoms with Crippen molar-refractivity contribution in [3.05, 3.63) is 59.2 Å². The Balaban J connectivity index is 1.24. The number of nitrogens with zero attached hydrogens (tertiary/aromatic N) is 2. The van der Waals surface area contributed by atoms with Crippen LogP contribution in [0.3, 0.4) is 0 Å². The van der Waals surface area contributed by atoms with Crippen LogP contribution in [-0.2, 0) is 9.63 Å². The number of ether oxygens (including phenoxy) is 2. The Morgan fingerprint density at radius 1 is 1.14 bits per heavy atom. The van der Waals surface area contributed by atoms with Gasteiger partial charge in [0.05, 0.1) is 11.4 Å². The predicted molar refractivity (Wildman–Crippen MR) is 105 cm³/mol. The van der Waals surface area contributed by atoms with Crippen molar-refractivity contribution < 1.29 is 23.5 Å². The van der Waals surface area contributed by atoms with Gasteiger partial charge in [-0.3, -0.25) is 10.1 Å². The largest absolute Gasteiger partial charge is 0.454 e. The molecular weight excluding hydrogens is 397 g/mol. The number of amides is 1. The summed E-state index contributed by atoms with van der Waals surface area (Å²) in [4.78, 5) is 22.2. The third-order valence-corrected chi connectivity index (χ3v) is 5.28. The van der Waals surface area contributed by atoms with Crippen LogP contribution in [0.2, 0.25) is 0 Å². The zero-order chi connectivity index (χ0) is 19.8. The van der Waals surface area contributed by atoms with Crippen molar-refractivity contribution >= 4 is 28.1 Å². The van der Waals surface area contributed by atoms with Crippen molar-refractivity contribution in [1.29, 1.82) is 0 Å². The standard InChI is InChI=1S/C20H14FN3O4S/c21-13-3-1-2-11(6-13)14-8-18(28-24-14)19(25)23-20-22-15(9-29-20)12-4-5-16-17(7-12)27-10-26-16/h1-7,9,18H,8,10H2,(H,22,23,25). The van der Waals surface area contributed by atoms with E-state index in [2.05, 4.69) is 15.5 Å². The lowest BCUT2D eigenvalue weighted by Gasteiger charge is -2.07. The first-order valence-corrected chi connectivity index (χ1v) is 9.69. The number of aromatic nitrogens is 1. The molecule has 3 aromatic rings. The molecule has 0 fully saturated rings. The zero-order valence-electron chi connectivity index (χ0n) is 14.9. The number of oxime groups is 1. The second-order valence-electron chi connectivity index (χ2n) is 6.44. The molecule has 2 aliphatic heterocycles. The number of carbonyl (C=O) groups is 1. The molecule has 1 atom stereocenters. The minimum absolute atomic E-state index is 0.207. The Morgan fingerprint density at radius 3 is 2.93 bits per heavy atom. The van der Waals surface area contributed by atoms with Gasteiger partial charge < -0.3 is 14.3 Å². The van der Waals surface area contributed by atoms with Crippen molar-refractivity contribution in [2.24, 2.45) is 5.16 Å². The SMILES string of the molecule is O=C(Nc1nc(-c2ccc3c(c2)OCO3)cs1)C1CC(c2cccc(F)c2)=NO1. The van der Waals surface area contributed by atoms with Crippen molar-refractivity contribution in [3.63, 3.8) is 0 Å². The minimum Gasteiger partial charge on any atom is -0.454 e. The van der Waals surface area contributed by atoms with Crippen LogP contribution in [0, 0.1) is 5.82 Å². The van der Waals surface area contributed by atoms with Crippen LogP contribution in [0.1, 0.15) is 12.0 Å². The molecule has 3 heterocycles. The number of fused-ring (bicyclic) bond motifs is 1. The smallest absolute Gasteiger partial charge is 0.270 e. The van der Waals surface area contributed by atoms with Crippen LogP contribution in [0.4, 0.5) is 9.52 Å². The summed E-state index contributed by atoms with van der Waals surface area (Å²) >= 11 is 1.31. The molecule has 1 N–H and O–H groups in total. The lowest BCUT2D eigenvalue weighted by atomic mass is 10.0. The number of halogens is 1. The lowest BCUT2D eigenvalue weighted by molar-refractivity contribution is -0.125. The second-order valence-corrected chi connectivity index (χ2v) is 7.30. The third kappa shape index (κ3) is 3.52. The van der Waals surface area contributed by atoms with Crippen LogP contribution >= 0.6 is 11.3 Å². The minimum atomic E-state index is -0.786. The van der Waals surface area contributed by atoms with Crippen molar-refractivity contribution in [2.75, 3.05) is 12.1 Å². The molecular formula is C20H14FN3O4S. The van der Waals surface area contributed by atoms with Crippen LogP contribution in [0.15, 0.2) is 53.0 Å².